The highest BCUT2D eigenvalue weighted by Gasteiger charge is 2.40. The maximum Gasteiger partial charge on any atom is 0.250 e. The van der Waals surface area contributed by atoms with Crippen molar-refractivity contribution in [1.29, 1.82) is 0 Å². The summed E-state index contributed by atoms with van der Waals surface area (Å²) in [6, 6.07) is 10.3. The van der Waals surface area contributed by atoms with E-state index in [2.05, 4.69) is 55.1 Å². The number of benzene rings is 1. The third kappa shape index (κ3) is 5.17. The quantitative estimate of drug-likeness (QED) is 0.405. The van der Waals surface area contributed by atoms with E-state index in [9.17, 15) is 9.59 Å². The van der Waals surface area contributed by atoms with Crippen LogP contribution in [0.4, 0.5) is 0 Å². The predicted octanol–water partition coefficient (Wildman–Crippen LogP) is 4.02. The number of halogens is 1. The minimum Gasteiger partial charge on any atom is -0.385 e. The summed E-state index contributed by atoms with van der Waals surface area (Å²) >= 11 is 3.77. The van der Waals surface area contributed by atoms with Gasteiger partial charge in [0.05, 0.1) is 5.92 Å². The number of carbonyl (C=O) groups excluding carboxylic acids is 1. The second-order valence-electron chi connectivity index (χ2n) is 10.1. The van der Waals surface area contributed by atoms with Crippen molar-refractivity contribution < 1.29 is 9.53 Å². The van der Waals surface area contributed by atoms with Crippen molar-refractivity contribution in [1.82, 2.24) is 19.4 Å². The zero-order valence-corrected chi connectivity index (χ0v) is 22.7. The number of nitrogens with zero attached hydrogens (tertiary/aromatic N) is 3. The van der Waals surface area contributed by atoms with Gasteiger partial charge in [-0.1, -0.05) is 22.0 Å². The van der Waals surface area contributed by atoms with E-state index in [1.807, 2.05) is 12.3 Å². The van der Waals surface area contributed by atoms with Crippen LogP contribution >= 0.6 is 15.9 Å². The van der Waals surface area contributed by atoms with E-state index in [-0.39, 0.29) is 29.3 Å². The Morgan fingerprint density at radius 1 is 1.25 bits per heavy atom. The topological polar surface area (TPSA) is 68.5 Å². The number of nitrogens with one attached hydrogen (secondary N) is 1. The molecule has 1 amide bonds. The molecule has 3 heterocycles. The van der Waals surface area contributed by atoms with E-state index in [4.69, 9.17) is 4.74 Å². The Kier molecular flexibility index (Phi) is 7.65. The molecule has 36 heavy (non-hydrogen) atoms. The lowest BCUT2D eigenvalue weighted by Gasteiger charge is -2.35. The summed E-state index contributed by atoms with van der Waals surface area (Å²) in [6.07, 6.45) is 7.92. The lowest BCUT2D eigenvalue weighted by molar-refractivity contribution is -0.138. The number of fused-ring (bicyclic) bond motifs is 1. The van der Waals surface area contributed by atoms with Crippen LogP contribution in [-0.2, 0) is 29.7 Å². The SMILES string of the molecule is COCCCn1cc(CN(C(=O)C2CNCCC2c2ccn(C)c(=O)c2)C2CC2)c2c(Br)cccc21. The highest BCUT2D eigenvalue weighted by Crippen LogP contribution is 2.37. The minimum absolute atomic E-state index is 0.0255. The van der Waals surface area contributed by atoms with E-state index in [1.165, 1.54) is 16.5 Å². The third-order valence-corrected chi connectivity index (χ3v) is 8.31. The Hall–Kier alpha value is -2.42. The van der Waals surface area contributed by atoms with Crippen molar-refractivity contribution in [2.75, 3.05) is 26.8 Å². The molecule has 7 nitrogen and oxygen atoms in total. The predicted molar refractivity (Wildman–Crippen MR) is 145 cm³/mol. The molecule has 0 radical (unpaired) electrons. The maximum absolute atomic E-state index is 14.1. The van der Waals surface area contributed by atoms with Crippen LogP contribution in [0.25, 0.3) is 10.9 Å². The number of pyridine rings is 1. The molecule has 1 saturated heterocycles. The van der Waals surface area contributed by atoms with Crippen LogP contribution in [0.1, 0.15) is 42.7 Å². The molecule has 0 bridgehead atoms. The van der Waals surface area contributed by atoms with E-state index in [0.29, 0.717) is 19.7 Å². The smallest absolute Gasteiger partial charge is 0.250 e. The Balaban J connectivity index is 1.44. The van der Waals surface area contributed by atoms with Crippen LogP contribution < -0.4 is 10.9 Å². The molecule has 1 N–H and O–H groups in total. The summed E-state index contributed by atoms with van der Waals surface area (Å²) < 4.78 is 10.2. The highest BCUT2D eigenvalue weighted by molar-refractivity contribution is 9.10. The largest absolute Gasteiger partial charge is 0.385 e. The monoisotopic (exact) mass is 554 g/mol. The molecular weight excluding hydrogens is 520 g/mol. The number of aryl methyl sites for hydroxylation is 2. The van der Waals surface area contributed by atoms with Gasteiger partial charge in [-0.15, -0.1) is 0 Å². The first-order valence-electron chi connectivity index (χ1n) is 12.9. The first kappa shape index (κ1) is 25.2. The molecule has 1 aliphatic carbocycles. The zero-order chi connectivity index (χ0) is 25.2. The highest BCUT2D eigenvalue weighted by atomic mass is 79.9. The molecular formula is C28H35BrN4O3. The van der Waals surface area contributed by atoms with Gasteiger partial charge in [0.1, 0.15) is 0 Å². The maximum atomic E-state index is 14.1. The molecule has 2 atom stereocenters. The van der Waals surface area contributed by atoms with Gasteiger partial charge < -0.3 is 24.1 Å². The number of hydrogen-bond donors (Lipinski definition) is 1. The zero-order valence-electron chi connectivity index (χ0n) is 21.1. The van der Waals surface area contributed by atoms with Crippen molar-refractivity contribution in [3.63, 3.8) is 0 Å². The lowest BCUT2D eigenvalue weighted by atomic mass is 9.80. The number of amides is 1. The number of methoxy groups -OCH3 is 1. The second kappa shape index (κ2) is 10.9. The molecule has 2 aromatic heterocycles. The molecule has 5 rings (SSSR count). The first-order valence-corrected chi connectivity index (χ1v) is 13.7. The number of ether oxygens (including phenoxy) is 1. The van der Waals surface area contributed by atoms with Gasteiger partial charge in [-0.2, -0.15) is 0 Å². The van der Waals surface area contributed by atoms with Gasteiger partial charge in [0.2, 0.25) is 5.91 Å². The fourth-order valence-corrected chi connectivity index (χ4v) is 6.17. The summed E-state index contributed by atoms with van der Waals surface area (Å²) in [5.74, 6) is 0.0729. The van der Waals surface area contributed by atoms with Gasteiger partial charge in [-0.05, 0) is 67.5 Å². The average molecular weight is 556 g/mol. The summed E-state index contributed by atoms with van der Waals surface area (Å²) in [5, 5.41) is 4.62. The number of carbonyl (C=O) groups is 1. The second-order valence-corrected chi connectivity index (χ2v) is 11.0. The molecule has 3 aromatic rings. The summed E-state index contributed by atoms with van der Waals surface area (Å²) in [5.41, 5.74) is 3.30. The van der Waals surface area contributed by atoms with Crippen LogP contribution in [0.15, 0.2) is 52.0 Å². The molecule has 1 aliphatic heterocycles. The van der Waals surface area contributed by atoms with Crippen molar-refractivity contribution in [2.24, 2.45) is 13.0 Å². The normalized spacial score (nSPS) is 20.1. The van der Waals surface area contributed by atoms with E-state index < -0.39 is 0 Å². The average Bonchev–Trinajstić information content (AvgIpc) is 3.66. The summed E-state index contributed by atoms with van der Waals surface area (Å²) in [4.78, 5) is 28.6. The van der Waals surface area contributed by atoms with Crippen molar-refractivity contribution in [2.45, 2.75) is 50.7 Å². The van der Waals surface area contributed by atoms with Crippen LogP contribution in [0, 0.1) is 5.92 Å². The van der Waals surface area contributed by atoms with Gasteiger partial charge in [0.15, 0.2) is 0 Å². The van der Waals surface area contributed by atoms with Crippen molar-refractivity contribution >= 4 is 32.7 Å². The number of hydrogen-bond acceptors (Lipinski definition) is 4. The molecule has 2 unspecified atom stereocenters. The van der Waals surface area contributed by atoms with Gasteiger partial charge in [0, 0.05) is 80.3 Å². The summed E-state index contributed by atoms with van der Waals surface area (Å²) in [7, 11) is 3.49. The Morgan fingerprint density at radius 2 is 2.08 bits per heavy atom. The van der Waals surface area contributed by atoms with Crippen molar-refractivity contribution in [3.8, 4) is 0 Å². The van der Waals surface area contributed by atoms with E-state index >= 15 is 0 Å². The molecule has 192 valence electrons. The van der Waals surface area contributed by atoms with Gasteiger partial charge >= 0.3 is 0 Å². The molecule has 8 heteroatoms. The van der Waals surface area contributed by atoms with Gasteiger partial charge in [-0.25, -0.2) is 0 Å². The Morgan fingerprint density at radius 3 is 2.83 bits per heavy atom. The van der Waals surface area contributed by atoms with E-state index in [0.717, 1.165) is 48.8 Å². The minimum atomic E-state index is -0.176. The fraction of sp³-hybridized carbons (Fsp3) is 0.500. The van der Waals surface area contributed by atoms with Crippen LogP contribution in [-0.4, -0.2) is 52.8 Å². The van der Waals surface area contributed by atoms with Gasteiger partial charge in [0.25, 0.3) is 5.56 Å². The standard InChI is InChI=1S/C28H35BrN4O3/c1-31-13-10-19(15-26(31)34)22-9-11-30-16-23(22)28(35)33(21-7-8-21)18-20-17-32(12-4-14-36-2)25-6-3-5-24(29)27(20)25/h3,5-6,10,13,15,17,21-23,30H,4,7-9,11-12,14,16,18H2,1-2H3. The number of piperidine rings is 1. The third-order valence-electron chi connectivity index (χ3n) is 7.65. The van der Waals surface area contributed by atoms with Crippen molar-refractivity contribution in [3.05, 3.63) is 68.7 Å². The number of rotatable bonds is 9. The molecule has 2 aliphatic rings. The van der Waals surface area contributed by atoms with Crippen LogP contribution in [0.5, 0.6) is 0 Å². The van der Waals surface area contributed by atoms with E-state index in [1.54, 1.807) is 24.8 Å². The lowest BCUT2D eigenvalue weighted by Crippen LogP contribution is -2.47. The van der Waals surface area contributed by atoms with Gasteiger partial charge in [-0.3, -0.25) is 9.59 Å². The molecule has 1 aromatic carbocycles. The Labute approximate surface area is 220 Å². The number of aromatic nitrogens is 2. The molecule has 0 spiro atoms. The molecule has 2 fully saturated rings. The van der Waals surface area contributed by atoms with Crippen LogP contribution in [0.3, 0.4) is 0 Å². The van der Waals surface area contributed by atoms with Crippen LogP contribution in [0.2, 0.25) is 0 Å². The molecule has 1 saturated carbocycles. The summed E-state index contributed by atoms with van der Waals surface area (Å²) in [6.45, 7) is 3.68. The Bertz CT molecular complexity index is 1300. The first-order chi connectivity index (χ1) is 17.5. The fourth-order valence-electron chi connectivity index (χ4n) is 5.56.